The third-order valence-corrected chi connectivity index (χ3v) is 4.79. The number of carbonyl (C=O) groups excluding carboxylic acids is 1. The minimum absolute atomic E-state index is 0.0382. The number of phenolic OH excluding ortho intramolecular Hbond substituents is 1. The van der Waals surface area contributed by atoms with Gasteiger partial charge in [0.25, 0.3) is 5.91 Å². The number of carbonyl (C=O) groups is 2. The van der Waals surface area contributed by atoms with E-state index in [1.807, 2.05) is 0 Å². The molecule has 3 N–H and O–H groups in total. The Morgan fingerprint density at radius 1 is 1.12 bits per heavy atom. The number of aromatic hydroxyl groups is 2. The number of benzene rings is 2. The number of phenols is 2. The predicted molar refractivity (Wildman–Crippen MR) is 98.8 cm³/mol. The molecule has 1 aliphatic heterocycles. The second-order valence-electron chi connectivity index (χ2n) is 5.08. The molecule has 25 heavy (non-hydrogen) atoms. The Morgan fingerprint density at radius 2 is 1.84 bits per heavy atom. The predicted octanol–water partition coefficient (Wildman–Crippen LogP) is 3.20. The molecule has 2 aromatic carbocycles. The number of amides is 1. The second-order valence-corrected chi connectivity index (χ2v) is 6.76. The molecule has 1 fully saturated rings. The molecule has 8 heteroatoms. The van der Waals surface area contributed by atoms with Gasteiger partial charge in [0.2, 0.25) is 0 Å². The number of thiocarbonyl (C=S) groups is 1. The van der Waals surface area contributed by atoms with Crippen molar-refractivity contribution in [3.63, 3.8) is 0 Å². The van der Waals surface area contributed by atoms with Crippen LogP contribution in [0.5, 0.6) is 11.5 Å². The van der Waals surface area contributed by atoms with Crippen molar-refractivity contribution in [1.29, 1.82) is 0 Å². The maximum Gasteiger partial charge on any atom is 0.339 e. The van der Waals surface area contributed by atoms with Crippen LogP contribution in [0.2, 0.25) is 0 Å². The normalized spacial score (nSPS) is 15.8. The van der Waals surface area contributed by atoms with Gasteiger partial charge in [-0.05, 0) is 24.3 Å². The molecule has 1 aliphatic rings. The molecule has 0 radical (unpaired) electrons. The van der Waals surface area contributed by atoms with Crippen molar-refractivity contribution in [3.05, 3.63) is 58.5 Å². The van der Waals surface area contributed by atoms with Crippen LogP contribution in [0, 0.1) is 0 Å². The lowest BCUT2D eigenvalue weighted by molar-refractivity contribution is -0.113. The summed E-state index contributed by atoms with van der Waals surface area (Å²) in [6, 6.07) is 10.4. The Kier molecular flexibility index (Phi) is 4.47. The molecule has 0 unspecified atom stereocenters. The van der Waals surface area contributed by atoms with Crippen molar-refractivity contribution < 1.29 is 24.9 Å². The van der Waals surface area contributed by atoms with Gasteiger partial charge < -0.3 is 15.3 Å². The largest absolute Gasteiger partial charge is 0.507 e. The summed E-state index contributed by atoms with van der Waals surface area (Å²) in [5, 5.41) is 28.6. The average Bonchev–Trinajstić information content (AvgIpc) is 2.83. The summed E-state index contributed by atoms with van der Waals surface area (Å²) in [6.07, 6.45) is 1.53. The standard InChI is InChI=1S/C17H11NO5S2/c19-12-4-2-1-3-9(12)7-14-15(21)18(17(24)25-14)10-5-6-11(16(22)23)13(20)8-10/h1-8,19-20H,(H,22,23)/b14-7-. The van der Waals surface area contributed by atoms with Crippen molar-refractivity contribution in [2.24, 2.45) is 0 Å². The van der Waals surface area contributed by atoms with Gasteiger partial charge in [0.1, 0.15) is 17.1 Å². The smallest absolute Gasteiger partial charge is 0.339 e. The Bertz CT molecular complexity index is 938. The maximum atomic E-state index is 12.6. The summed E-state index contributed by atoms with van der Waals surface area (Å²) >= 11 is 6.28. The van der Waals surface area contributed by atoms with Gasteiger partial charge in [-0.15, -0.1) is 0 Å². The van der Waals surface area contributed by atoms with Crippen LogP contribution in [-0.4, -0.2) is 31.5 Å². The number of nitrogens with zero attached hydrogens (tertiary/aromatic N) is 1. The highest BCUT2D eigenvalue weighted by atomic mass is 32.2. The van der Waals surface area contributed by atoms with Crippen LogP contribution < -0.4 is 4.90 Å². The molecular weight excluding hydrogens is 362 g/mol. The van der Waals surface area contributed by atoms with E-state index in [1.54, 1.807) is 18.2 Å². The number of rotatable bonds is 3. The van der Waals surface area contributed by atoms with Crippen LogP contribution in [0.15, 0.2) is 47.4 Å². The van der Waals surface area contributed by atoms with Gasteiger partial charge in [-0.1, -0.05) is 42.2 Å². The molecule has 1 amide bonds. The Morgan fingerprint density at radius 3 is 2.48 bits per heavy atom. The Hall–Kier alpha value is -2.84. The van der Waals surface area contributed by atoms with E-state index in [4.69, 9.17) is 17.3 Å². The first-order valence-electron chi connectivity index (χ1n) is 7.00. The second kappa shape index (κ2) is 6.58. The van der Waals surface area contributed by atoms with Crippen LogP contribution in [0.25, 0.3) is 6.08 Å². The molecule has 0 atom stereocenters. The number of para-hydroxylation sites is 1. The molecule has 0 spiro atoms. The van der Waals surface area contributed by atoms with Crippen molar-refractivity contribution >= 4 is 51.9 Å². The molecule has 3 rings (SSSR count). The van der Waals surface area contributed by atoms with Crippen LogP contribution in [0.1, 0.15) is 15.9 Å². The molecule has 0 aliphatic carbocycles. The molecule has 0 bridgehead atoms. The number of aromatic carboxylic acids is 1. The van der Waals surface area contributed by atoms with Crippen molar-refractivity contribution in [3.8, 4) is 11.5 Å². The fraction of sp³-hybridized carbons (Fsp3) is 0. The van der Waals surface area contributed by atoms with Gasteiger partial charge in [-0.25, -0.2) is 4.79 Å². The minimum atomic E-state index is -1.27. The van der Waals surface area contributed by atoms with E-state index in [0.717, 1.165) is 11.8 Å². The van der Waals surface area contributed by atoms with E-state index in [0.29, 0.717) is 10.5 Å². The van der Waals surface area contributed by atoms with Crippen LogP contribution in [-0.2, 0) is 4.79 Å². The summed E-state index contributed by atoms with van der Waals surface area (Å²) in [4.78, 5) is 25.1. The number of carboxylic acid groups (broad SMARTS) is 1. The zero-order chi connectivity index (χ0) is 18.1. The van der Waals surface area contributed by atoms with E-state index in [1.165, 1.54) is 35.2 Å². The van der Waals surface area contributed by atoms with Crippen LogP contribution in [0.4, 0.5) is 5.69 Å². The van der Waals surface area contributed by atoms with E-state index in [-0.39, 0.29) is 21.3 Å². The Labute approximate surface area is 152 Å². The quantitative estimate of drug-likeness (QED) is 0.561. The first-order chi connectivity index (χ1) is 11.9. The molecule has 0 saturated carbocycles. The first-order valence-corrected chi connectivity index (χ1v) is 8.23. The van der Waals surface area contributed by atoms with Gasteiger partial charge in [-0.2, -0.15) is 0 Å². The monoisotopic (exact) mass is 373 g/mol. The molecule has 6 nitrogen and oxygen atoms in total. The van der Waals surface area contributed by atoms with E-state index in [2.05, 4.69) is 0 Å². The zero-order valence-electron chi connectivity index (χ0n) is 12.5. The zero-order valence-corrected chi connectivity index (χ0v) is 14.2. The highest BCUT2D eigenvalue weighted by Crippen LogP contribution is 2.38. The highest BCUT2D eigenvalue weighted by molar-refractivity contribution is 8.27. The first kappa shape index (κ1) is 17.0. The summed E-state index contributed by atoms with van der Waals surface area (Å²) in [7, 11) is 0. The van der Waals surface area contributed by atoms with Crippen LogP contribution in [0.3, 0.4) is 0 Å². The molecule has 1 heterocycles. The summed E-state index contributed by atoms with van der Waals surface area (Å²) in [5.41, 5.74) is 0.483. The number of anilines is 1. The molecule has 0 aromatic heterocycles. The number of hydrogen-bond donors (Lipinski definition) is 3. The molecular formula is C17H11NO5S2. The third-order valence-electron chi connectivity index (χ3n) is 3.49. The van der Waals surface area contributed by atoms with Gasteiger partial charge in [0.05, 0.1) is 10.6 Å². The minimum Gasteiger partial charge on any atom is -0.507 e. The van der Waals surface area contributed by atoms with Gasteiger partial charge in [-0.3, -0.25) is 9.69 Å². The van der Waals surface area contributed by atoms with Crippen LogP contribution >= 0.6 is 24.0 Å². The topological polar surface area (TPSA) is 98.1 Å². The SMILES string of the molecule is O=C(O)c1ccc(N2C(=O)/C(=C/c3ccccc3O)SC2=S)cc1O. The lowest BCUT2D eigenvalue weighted by atomic mass is 10.1. The van der Waals surface area contributed by atoms with Crippen molar-refractivity contribution in [2.45, 2.75) is 0 Å². The van der Waals surface area contributed by atoms with Crippen molar-refractivity contribution in [2.75, 3.05) is 4.90 Å². The maximum absolute atomic E-state index is 12.6. The molecule has 1 saturated heterocycles. The number of carboxylic acids is 1. The molecule has 2 aromatic rings. The summed E-state index contributed by atoms with van der Waals surface area (Å²) in [6.45, 7) is 0. The lowest BCUT2D eigenvalue weighted by Gasteiger charge is -2.15. The fourth-order valence-electron chi connectivity index (χ4n) is 2.28. The van der Waals surface area contributed by atoms with Gasteiger partial charge in [0, 0.05) is 11.6 Å². The number of thioether (sulfide) groups is 1. The van der Waals surface area contributed by atoms with E-state index in [9.17, 15) is 19.8 Å². The highest BCUT2D eigenvalue weighted by Gasteiger charge is 2.34. The van der Waals surface area contributed by atoms with Crippen molar-refractivity contribution in [1.82, 2.24) is 0 Å². The average molecular weight is 373 g/mol. The Balaban J connectivity index is 1.96. The van der Waals surface area contributed by atoms with E-state index >= 15 is 0 Å². The van der Waals surface area contributed by atoms with Gasteiger partial charge >= 0.3 is 5.97 Å². The van der Waals surface area contributed by atoms with Gasteiger partial charge in [0.15, 0.2) is 4.32 Å². The number of hydrogen-bond acceptors (Lipinski definition) is 6. The van der Waals surface area contributed by atoms with E-state index < -0.39 is 17.6 Å². The summed E-state index contributed by atoms with van der Waals surface area (Å²) < 4.78 is 0.245. The summed E-state index contributed by atoms with van der Waals surface area (Å²) in [5.74, 6) is -2.10. The third kappa shape index (κ3) is 3.21. The lowest BCUT2D eigenvalue weighted by Crippen LogP contribution is -2.27. The fourth-order valence-corrected chi connectivity index (χ4v) is 3.57. The molecule has 126 valence electrons.